The zero-order valence-corrected chi connectivity index (χ0v) is 10.6. The van der Waals surface area contributed by atoms with Crippen LogP contribution in [0.2, 0.25) is 0 Å². The van der Waals surface area contributed by atoms with Gasteiger partial charge < -0.3 is 9.97 Å². The van der Waals surface area contributed by atoms with Crippen molar-refractivity contribution in [1.29, 1.82) is 0 Å². The molecule has 94 valence electrons. The van der Waals surface area contributed by atoms with Crippen LogP contribution in [0.25, 0.3) is 43.7 Å². The van der Waals surface area contributed by atoms with Crippen molar-refractivity contribution in [2.24, 2.45) is 0 Å². The Balaban J connectivity index is 2.07. The predicted molar refractivity (Wildman–Crippen MR) is 83.0 cm³/mol. The molecule has 3 heterocycles. The number of nitrogens with zero attached hydrogens (tertiary/aromatic N) is 1. The van der Waals surface area contributed by atoms with Gasteiger partial charge in [-0.3, -0.25) is 0 Å². The van der Waals surface area contributed by atoms with Crippen molar-refractivity contribution >= 4 is 43.7 Å². The van der Waals surface area contributed by atoms with Crippen LogP contribution in [0.1, 0.15) is 0 Å². The minimum Gasteiger partial charge on any atom is -0.346 e. The quantitative estimate of drug-likeness (QED) is 0.425. The van der Waals surface area contributed by atoms with Crippen molar-refractivity contribution in [3.05, 3.63) is 54.7 Å². The van der Waals surface area contributed by atoms with Crippen LogP contribution in [0.15, 0.2) is 54.7 Å². The number of benzene rings is 2. The highest BCUT2D eigenvalue weighted by Crippen LogP contribution is 2.31. The number of H-pyrrole nitrogens is 2. The fraction of sp³-hybridized carbons (Fsp3) is 0. The Morgan fingerprint density at radius 3 is 2.70 bits per heavy atom. The maximum absolute atomic E-state index is 4.67. The van der Waals surface area contributed by atoms with Gasteiger partial charge >= 0.3 is 0 Å². The first-order valence-electron chi connectivity index (χ1n) is 6.67. The van der Waals surface area contributed by atoms with Crippen LogP contribution < -0.4 is 0 Å². The lowest BCUT2D eigenvalue weighted by atomic mass is 10.1. The molecule has 5 aromatic rings. The van der Waals surface area contributed by atoms with Gasteiger partial charge in [0.1, 0.15) is 11.3 Å². The summed E-state index contributed by atoms with van der Waals surface area (Å²) in [5.74, 6) is 0. The molecule has 0 aliphatic rings. The maximum Gasteiger partial charge on any atom is 0.140 e. The van der Waals surface area contributed by atoms with Crippen molar-refractivity contribution in [3.63, 3.8) is 0 Å². The summed E-state index contributed by atoms with van der Waals surface area (Å²) in [6.07, 6.45) is 1.92. The maximum atomic E-state index is 4.67. The monoisotopic (exact) mass is 257 g/mol. The molecule has 0 aliphatic heterocycles. The fourth-order valence-electron chi connectivity index (χ4n) is 3.03. The summed E-state index contributed by atoms with van der Waals surface area (Å²) in [5, 5.41) is 6.04. The lowest BCUT2D eigenvalue weighted by Crippen LogP contribution is -1.77. The van der Waals surface area contributed by atoms with E-state index in [1.165, 1.54) is 27.1 Å². The Morgan fingerprint density at radius 1 is 0.750 bits per heavy atom. The largest absolute Gasteiger partial charge is 0.346 e. The van der Waals surface area contributed by atoms with E-state index in [1.54, 1.807) is 0 Å². The third-order valence-electron chi connectivity index (χ3n) is 4.00. The van der Waals surface area contributed by atoms with Crippen molar-refractivity contribution in [2.45, 2.75) is 0 Å². The molecule has 0 saturated carbocycles. The van der Waals surface area contributed by atoms with Crippen LogP contribution in [0.5, 0.6) is 0 Å². The Bertz CT molecular complexity index is 1100. The summed E-state index contributed by atoms with van der Waals surface area (Å²) in [4.78, 5) is 11.3. The first kappa shape index (κ1) is 10.0. The van der Waals surface area contributed by atoms with Crippen molar-refractivity contribution in [1.82, 2.24) is 15.0 Å². The van der Waals surface area contributed by atoms with E-state index >= 15 is 0 Å². The second kappa shape index (κ2) is 3.39. The smallest absolute Gasteiger partial charge is 0.140 e. The molecular formula is C17H11N3. The van der Waals surface area contributed by atoms with Crippen molar-refractivity contribution in [3.8, 4) is 0 Å². The minimum atomic E-state index is 0.924. The normalized spacial score (nSPS) is 12.0. The summed E-state index contributed by atoms with van der Waals surface area (Å²) in [7, 11) is 0. The fourth-order valence-corrected chi connectivity index (χ4v) is 3.03. The van der Waals surface area contributed by atoms with E-state index in [9.17, 15) is 0 Å². The van der Waals surface area contributed by atoms with Crippen LogP contribution >= 0.6 is 0 Å². The molecule has 2 N–H and O–H groups in total. The van der Waals surface area contributed by atoms with E-state index < -0.39 is 0 Å². The van der Waals surface area contributed by atoms with E-state index in [0.29, 0.717) is 0 Å². The van der Waals surface area contributed by atoms with Gasteiger partial charge in [-0.1, -0.05) is 36.4 Å². The average molecular weight is 257 g/mol. The van der Waals surface area contributed by atoms with E-state index in [0.717, 1.165) is 16.7 Å². The second-order valence-corrected chi connectivity index (χ2v) is 5.13. The van der Waals surface area contributed by atoms with E-state index in [1.807, 2.05) is 6.20 Å². The van der Waals surface area contributed by atoms with Crippen LogP contribution in [-0.2, 0) is 0 Å². The SMILES string of the molecule is c1ccc2c(c1)ccc1c3cc4cc[nH]c4nc3[nH]c21. The molecule has 2 aromatic carbocycles. The highest BCUT2D eigenvalue weighted by Gasteiger charge is 2.09. The van der Waals surface area contributed by atoms with E-state index in [-0.39, 0.29) is 0 Å². The van der Waals surface area contributed by atoms with Gasteiger partial charge in [0.15, 0.2) is 0 Å². The first-order chi connectivity index (χ1) is 9.90. The third kappa shape index (κ3) is 1.17. The Hall–Kier alpha value is -2.81. The van der Waals surface area contributed by atoms with Gasteiger partial charge in [-0.15, -0.1) is 0 Å². The zero-order valence-electron chi connectivity index (χ0n) is 10.6. The number of pyridine rings is 1. The molecule has 3 heteroatoms. The molecule has 0 amide bonds. The molecule has 0 aliphatic carbocycles. The Labute approximate surface area is 114 Å². The van der Waals surface area contributed by atoms with Gasteiger partial charge in [-0.2, -0.15) is 0 Å². The Morgan fingerprint density at radius 2 is 1.70 bits per heavy atom. The summed E-state index contributed by atoms with van der Waals surface area (Å²) < 4.78 is 0. The first-order valence-corrected chi connectivity index (χ1v) is 6.67. The number of fused-ring (bicyclic) bond motifs is 6. The number of hydrogen-bond acceptors (Lipinski definition) is 1. The number of hydrogen-bond donors (Lipinski definition) is 2. The molecule has 3 nitrogen and oxygen atoms in total. The molecule has 5 rings (SSSR count). The van der Waals surface area contributed by atoms with Gasteiger partial charge in [0.05, 0.1) is 5.52 Å². The molecule has 0 fully saturated rings. The number of aromatic nitrogens is 3. The molecular weight excluding hydrogens is 246 g/mol. The van der Waals surface area contributed by atoms with Gasteiger partial charge in [0.2, 0.25) is 0 Å². The molecule has 0 spiro atoms. The third-order valence-corrected chi connectivity index (χ3v) is 4.00. The van der Waals surface area contributed by atoms with Crippen LogP contribution in [-0.4, -0.2) is 15.0 Å². The summed E-state index contributed by atoms with van der Waals surface area (Å²) >= 11 is 0. The van der Waals surface area contributed by atoms with Gasteiger partial charge in [0.25, 0.3) is 0 Å². The van der Waals surface area contributed by atoms with Gasteiger partial charge in [-0.05, 0) is 17.5 Å². The standard InChI is InChI=1S/C17H11N3/c1-2-4-12-10(3-1)5-6-13-14-9-11-7-8-18-16(11)20-17(14)19-15(12)13/h1-9H,(H2,18,19,20). The topological polar surface area (TPSA) is 44.5 Å². The van der Waals surface area contributed by atoms with Crippen molar-refractivity contribution < 1.29 is 0 Å². The van der Waals surface area contributed by atoms with Gasteiger partial charge in [0, 0.05) is 27.7 Å². The second-order valence-electron chi connectivity index (χ2n) is 5.13. The average Bonchev–Trinajstić information content (AvgIpc) is 3.08. The Kier molecular flexibility index (Phi) is 1.70. The molecule has 20 heavy (non-hydrogen) atoms. The van der Waals surface area contributed by atoms with Crippen LogP contribution in [0.3, 0.4) is 0 Å². The number of rotatable bonds is 0. The number of aromatic amines is 2. The predicted octanol–water partition coefficient (Wildman–Crippen LogP) is 4.35. The summed E-state index contributed by atoms with van der Waals surface area (Å²) in [6.45, 7) is 0. The lowest BCUT2D eigenvalue weighted by molar-refractivity contribution is 1.34. The lowest BCUT2D eigenvalue weighted by Gasteiger charge is -1.98. The summed E-state index contributed by atoms with van der Waals surface area (Å²) in [5.41, 5.74) is 3.03. The molecule has 0 radical (unpaired) electrons. The minimum absolute atomic E-state index is 0.924. The molecule has 0 bridgehead atoms. The van der Waals surface area contributed by atoms with Crippen molar-refractivity contribution in [2.75, 3.05) is 0 Å². The molecule has 0 atom stereocenters. The van der Waals surface area contributed by atoms with E-state index in [4.69, 9.17) is 0 Å². The molecule has 0 saturated heterocycles. The van der Waals surface area contributed by atoms with E-state index in [2.05, 4.69) is 63.5 Å². The molecule has 0 unspecified atom stereocenters. The summed E-state index contributed by atoms with van der Waals surface area (Å²) in [6, 6.07) is 17.0. The highest BCUT2D eigenvalue weighted by atomic mass is 14.9. The number of nitrogens with one attached hydrogen (secondary N) is 2. The van der Waals surface area contributed by atoms with Gasteiger partial charge in [-0.25, -0.2) is 4.98 Å². The zero-order chi connectivity index (χ0) is 13.1. The highest BCUT2D eigenvalue weighted by molar-refractivity contribution is 6.17. The van der Waals surface area contributed by atoms with Crippen LogP contribution in [0, 0.1) is 0 Å². The van der Waals surface area contributed by atoms with Crippen LogP contribution in [0.4, 0.5) is 0 Å². The molecule has 3 aromatic heterocycles.